The third kappa shape index (κ3) is 13.0. The van der Waals surface area contributed by atoms with E-state index in [0.717, 1.165) is 68.2 Å². The average Bonchev–Trinajstić information content (AvgIpc) is 3.26. The van der Waals surface area contributed by atoms with Gasteiger partial charge in [-0.15, -0.1) is 0 Å². The van der Waals surface area contributed by atoms with Gasteiger partial charge in [0.05, 0.1) is 18.2 Å². The number of carbonyl (C=O) groups excluding carboxylic acids is 1. The summed E-state index contributed by atoms with van der Waals surface area (Å²) in [6.45, 7) is 42.0. The molecule has 1 aliphatic rings. The van der Waals surface area contributed by atoms with Crippen LogP contribution in [0.3, 0.4) is 0 Å². The summed E-state index contributed by atoms with van der Waals surface area (Å²) in [6, 6.07) is 26.7. The van der Waals surface area contributed by atoms with Crippen molar-refractivity contribution in [2.75, 3.05) is 6.61 Å². The fraction of sp³-hybridized carbons (Fsp3) is 0.597. The summed E-state index contributed by atoms with van der Waals surface area (Å²) in [5.74, 6) is 1.54. The Kier molecular flexibility index (Phi) is 18.9. The van der Waals surface area contributed by atoms with Gasteiger partial charge in [0.15, 0.2) is 8.24 Å². The Labute approximate surface area is 421 Å². The first-order chi connectivity index (χ1) is 31.9. The first-order valence-corrected chi connectivity index (χ1v) is 29.3. The highest BCUT2D eigenvalue weighted by atomic mass is 28.3. The van der Waals surface area contributed by atoms with E-state index in [1.165, 1.54) is 44.5 Å². The molecule has 1 amide bonds. The molecule has 0 aromatic heterocycles. The molecule has 3 N–H and O–H groups in total. The maximum atomic E-state index is 12.6. The number of aryl methyl sites for hydroxylation is 6. The van der Waals surface area contributed by atoms with E-state index >= 15 is 0 Å². The summed E-state index contributed by atoms with van der Waals surface area (Å²) < 4.78 is 8.55. The minimum absolute atomic E-state index is 0.0489. The van der Waals surface area contributed by atoms with Gasteiger partial charge in [0.2, 0.25) is 5.91 Å². The summed E-state index contributed by atoms with van der Waals surface area (Å²) in [5, 5.41) is 31.0. The molecule has 3 atom stereocenters. The average molecular weight is 963 g/mol. The summed E-state index contributed by atoms with van der Waals surface area (Å²) in [7, 11) is -1.92. The van der Waals surface area contributed by atoms with Crippen LogP contribution in [0.5, 0.6) is 11.5 Å². The predicted molar refractivity (Wildman–Crippen MR) is 295 cm³/mol. The van der Waals surface area contributed by atoms with Crippen LogP contribution in [0, 0.1) is 38.5 Å². The molecule has 0 aliphatic carbocycles. The van der Waals surface area contributed by atoms with E-state index in [1.54, 1.807) is 0 Å². The molecule has 0 bridgehead atoms. The number of aromatic hydroxyl groups is 1. The molecule has 0 spiro atoms. The van der Waals surface area contributed by atoms with Gasteiger partial charge in [-0.25, -0.2) is 0 Å². The standard InChI is InChI=1S/C36H57NO3Si.C26H38O2/c1-13-36(14-2,28-17-15-27(25(3)21-28)16-20-32(38)34(5,6)7)29-18-19-31(26(4)22-29)40-24-30-23-33(39)37(30)41(11,12)35(8,9)10;1-8-26(9-2,22-13-14-23(27)19(4)17-22)21-12-10-20(18(3)16-21)11-15-24(28)25(5,6)7/h15,17-19,21-22,30,32,38H,13-14,16,20,23-24H2,1-12H3;10,12-14,16-17,24,27-28H,8-9,11,15H2,1-7H3/t30-,32?;/m0./s1. The number of amides is 1. The van der Waals surface area contributed by atoms with Gasteiger partial charge in [-0.3, -0.25) is 4.79 Å². The Bertz CT molecular complexity index is 2330. The zero-order chi connectivity index (χ0) is 52.1. The van der Waals surface area contributed by atoms with Crippen LogP contribution in [0.1, 0.15) is 191 Å². The molecule has 7 heteroatoms. The van der Waals surface area contributed by atoms with E-state index in [4.69, 9.17) is 4.74 Å². The first-order valence-electron chi connectivity index (χ1n) is 26.4. The number of hydrogen-bond donors (Lipinski definition) is 3. The number of phenols is 1. The molecule has 382 valence electrons. The fourth-order valence-electron chi connectivity index (χ4n) is 10.5. The SMILES string of the molecule is CCC(CC)(c1ccc(CCC(O)C(C)(C)C)c(C)c1)c1ccc(OC[C@@H]2CC(=O)N2[Si](C)(C)C(C)(C)C)c(C)c1.CCC(CC)(c1ccc(O)c(C)c1)c1ccc(CCC(O)C(C)(C)C)c(C)c1. The van der Waals surface area contributed by atoms with Crippen molar-refractivity contribution in [3.05, 3.63) is 128 Å². The second kappa shape index (κ2) is 22.7. The number of carbonyl (C=O) groups is 1. The van der Waals surface area contributed by atoms with Crippen molar-refractivity contribution in [1.29, 1.82) is 0 Å². The molecular formula is C62H95NO5Si. The zero-order valence-electron chi connectivity index (χ0n) is 46.8. The highest BCUT2D eigenvalue weighted by molar-refractivity contribution is 6.80. The lowest BCUT2D eigenvalue weighted by atomic mass is 9.69. The molecule has 1 saturated heterocycles. The number of β-lactam (4-membered cyclic amide) rings is 1. The third-order valence-corrected chi connectivity index (χ3v) is 22.5. The Balaban J connectivity index is 0.000000323. The van der Waals surface area contributed by atoms with Crippen molar-refractivity contribution in [3.8, 4) is 11.5 Å². The van der Waals surface area contributed by atoms with E-state index in [9.17, 15) is 20.1 Å². The number of aliphatic hydroxyl groups excluding tert-OH is 2. The maximum Gasteiger partial charge on any atom is 0.217 e. The van der Waals surface area contributed by atoms with Crippen LogP contribution >= 0.6 is 0 Å². The van der Waals surface area contributed by atoms with Crippen LogP contribution < -0.4 is 4.74 Å². The van der Waals surface area contributed by atoms with E-state index < -0.39 is 8.24 Å². The van der Waals surface area contributed by atoms with Crippen LogP contribution in [0.15, 0.2) is 72.8 Å². The molecule has 0 saturated carbocycles. The third-order valence-electron chi connectivity index (χ3n) is 17.0. The summed E-state index contributed by atoms with van der Waals surface area (Å²) in [4.78, 5) is 12.6. The van der Waals surface area contributed by atoms with Crippen LogP contribution in [0.25, 0.3) is 0 Å². The molecular weight excluding hydrogens is 867 g/mol. The molecule has 6 nitrogen and oxygen atoms in total. The van der Waals surface area contributed by atoms with Crippen molar-refractivity contribution in [2.45, 2.75) is 223 Å². The number of rotatable bonds is 18. The van der Waals surface area contributed by atoms with Gasteiger partial charge in [-0.1, -0.05) is 164 Å². The topological polar surface area (TPSA) is 90.2 Å². The number of phenolic OH excluding ortho intramolecular Hbond substituents is 1. The van der Waals surface area contributed by atoms with Crippen LogP contribution in [0.4, 0.5) is 0 Å². The highest BCUT2D eigenvalue weighted by Gasteiger charge is 2.52. The Morgan fingerprint density at radius 1 is 0.594 bits per heavy atom. The van der Waals surface area contributed by atoms with Gasteiger partial charge in [-0.05, 0) is 163 Å². The van der Waals surface area contributed by atoms with Gasteiger partial charge in [0, 0.05) is 17.3 Å². The number of nitrogens with zero attached hydrogens (tertiary/aromatic N) is 1. The van der Waals surface area contributed by atoms with Crippen molar-refractivity contribution >= 4 is 14.1 Å². The monoisotopic (exact) mass is 962 g/mol. The molecule has 1 aliphatic heterocycles. The van der Waals surface area contributed by atoms with Crippen LogP contribution in [-0.2, 0) is 28.5 Å². The number of benzene rings is 4. The van der Waals surface area contributed by atoms with Crippen LogP contribution in [-0.4, -0.2) is 58.9 Å². The van der Waals surface area contributed by atoms with Crippen molar-refractivity contribution in [3.63, 3.8) is 0 Å². The van der Waals surface area contributed by atoms with Crippen LogP contribution in [0.2, 0.25) is 18.1 Å². The number of hydrogen-bond acceptors (Lipinski definition) is 5. The second-order valence-corrected chi connectivity index (χ2v) is 29.5. The van der Waals surface area contributed by atoms with E-state index in [2.05, 4.69) is 195 Å². The number of aliphatic hydroxyl groups is 2. The predicted octanol–water partition coefficient (Wildman–Crippen LogP) is 15.2. The summed E-state index contributed by atoms with van der Waals surface area (Å²) in [5.41, 5.74) is 12.3. The lowest BCUT2D eigenvalue weighted by Gasteiger charge is -2.54. The van der Waals surface area contributed by atoms with Gasteiger partial charge in [-0.2, -0.15) is 0 Å². The number of ether oxygens (including phenoxy) is 1. The maximum absolute atomic E-state index is 12.6. The van der Waals surface area contributed by atoms with Gasteiger partial charge < -0.3 is 24.6 Å². The molecule has 4 aromatic rings. The van der Waals surface area contributed by atoms with E-state index in [1.807, 2.05) is 13.0 Å². The Hall–Kier alpha value is -3.91. The molecule has 2 unspecified atom stereocenters. The minimum Gasteiger partial charge on any atom is -0.508 e. The Morgan fingerprint density at radius 2 is 0.971 bits per heavy atom. The molecule has 5 rings (SSSR count). The summed E-state index contributed by atoms with van der Waals surface area (Å²) in [6.07, 6.45) is 7.37. The molecule has 1 fully saturated rings. The molecule has 1 heterocycles. The fourth-order valence-corrected chi connectivity index (χ4v) is 13.0. The lowest BCUT2D eigenvalue weighted by molar-refractivity contribution is -0.140. The molecule has 4 aromatic carbocycles. The van der Waals surface area contributed by atoms with Gasteiger partial charge in [0.25, 0.3) is 0 Å². The van der Waals surface area contributed by atoms with E-state index in [0.29, 0.717) is 18.8 Å². The minimum atomic E-state index is -1.92. The summed E-state index contributed by atoms with van der Waals surface area (Å²) >= 11 is 0. The largest absolute Gasteiger partial charge is 0.508 e. The van der Waals surface area contributed by atoms with Crippen molar-refractivity contribution < 1.29 is 24.9 Å². The molecule has 69 heavy (non-hydrogen) atoms. The van der Waals surface area contributed by atoms with Crippen molar-refractivity contribution in [2.24, 2.45) is 10.8 Å². The molecule has 0 radical (unpaired) electrons. The van der Waals surface area contributed by atoms with Crippen molar-refractivity contribution in [1.82, 2.24) is 4.57 Å². The van der Waals surface area contributed by atoms with Gasteiger partial charge in [0.1, 0.15) is 18.1 Å². The highest BCUT2D eigenvalue weighted by Crippen LogP contribution is 2.45. The zero-order valence-corrected chi connectivity index (χ0v) is 47.8. The first kappa shape index (κ1) is 57.7. The van der Waals surface area contributed by atoms with E-state index in [-0.39, 0.29) is 50.9 Å². The van der Waals surface area contributed by atoms with Gasteiger partial charge >= 0.3 is 0 Å². The smallest absolute Gasteiger partial charge is 0.217 e. The quantitative estimate of drug-likeness (QED) is 0.0683. The second-order valence-electron chi connectivity index (χ2n) is 24.4. The lowest BCUT2D eigenvalue weighted by Crippen LogP contribution is -2.69. The Morgan fingerprint density at radius 3 is 1.30 bits per heavy atom. The normalized spacial score (nSPS) is 15.9.